The van der Waals surface area contributed by atoms with Crippen molar-refractivity contribution in [2.75, 3.05) is 6.54 Å². The van der Waals surface area contributed by atoms with E-state index in [1.165, 1.54) is 32.5 Å². The zero-order chi connectivity index (χ0) is 23.1. The molecule has 0 saturated heterocycles. The number of halogens is 2. The highest BCUT2D eigenvalue weighted by atomic mass is 127. The van der Waals surface area contributed by atoms with Crippen molar-refractivity contribution in [2.45, 2.75) is 66.6 Å². The molecule has 0 fully saturated rings. The van der Waals surface area contributed by atoms with E-state index in [9.17, 15) is 4.39 Å². The van der Waals surface area contributed by atoms with E-state index >= 15 is 0 Å². The van der Waals surface area contributed by atoms with Crippen LogP contribution in [0.25, 0.3) is 11.4 Å². The number of aromatic nitrogens is 2. The first-order valence-corrected chi connectivity index (χ1v) is 12.7. The maximum atomic E-state index is 13.5. The molecule has 0 bridgehead atoms. The van der Waals surface area contributed by atoms with Crippen LogP contribution in [0, 0.1) is 22.2 Å². The molecule has 172 valence electrons. The molecule has 5 heteroatoms. The van der Waals surface area contributed by atoms with Crippen molar-refractivity contribution < 1.29 is 4.39 Å². The number of rotatable bonds is 11. The van der Waals surface area contributed by atoms with E-state index in [4.69, 9.17) is 4.98 Å². The van der Waals surface area contributed by atoms with Gasteiger partial charge in [-0.05, 0) is 96.3 Å². The van der Waals surface area contributed by atoms with E-state index in [0.717, 1.165) is 56.8 Å². The van der Waals surface area contributed by atoms with Crippen LogP contribution in [0.1, 0.15) is 56.9 Å². The Morgan fingerprint density at radius 3 is 2.50 bits per heavy atom. The van der Waals surface area contributed by atoms with Crippen molar-refractivity contribution in [3.63, 3.8) is 0 Å². The largest absolute Gasteiger partial charge is 0.327 e. The van der Waals surface area contributed by atoms with E-state index in [2.05, 4.69) is 78.0 Å². The zero-order valence-electron chi connectivity index (χ0n) is 19.7. The Labute approximate surface area is 206 Å². The van der Waals surface area contributed by atoms with Crippen molar-refractivity contribution in [3.8, 4) is 11.4 Å². The number of imidazole rings is 1. The molecule has 3 rings (SSSR count). The van der Waals surface area contributed by atoms with E-state index in [1.807, 2.05) is 18.3 Å². The van der Waals surface area contributed by atoms with Crippen LogP contribution in [0.5, 0.6) is 0 Å². The quantitative estimate of drug-likeness (QED) is 0.233. The molecular weight excluding hydrogens is 512 g/mol. The highest BCUT2D eigenvalue weighted by molar-refractivity contribution is 14.1. The normalized spacial score (nSPS) is 11.6. The van der Waals surface area contributed by atoms with Crippen LogP contribution >= 0.6 is 22.6 Å². The molecule has 2 aromatic carbocycles. The summed E-state index contributed by atoms with van der Waals surface area (Å²) in [6.07, 6.45) is 5.39. The Bertz CT molecular complexity index is 995. The summed E-state index contributed by atoms with van der Waals surface area (Å²) >= 11 is 2.43. The average molecular weight is 548 g/mol. The Hall–Kier alpha value is -1.73. The topological polar surface area (TPSA) is 21.1 Å². The highest BCUT2D eigenvalue weighted by Gasteiger charge is 2.16. The highest BCUT2D eigenvalue weighted by Crippen LogP contribution is 2.23. The summed E-state index contributed by atoms with van der Waals surface area (Å²) in [5.41, 5.74) is 4.87. The van der Waals surface area contributed by atoms with E-state index < -0.39 is 0 Å². The molecule has 0 spiro atoms. The Kier molecular flexibility index (Phi) is 9.29. The van der Waals surface area contributed by atoms with Gasteiger partial charge in [0, 0.05) is 28.8 Å². The van der Waals surface area contributed by atoms with Crippen molar-refractivity contribution in [1.29, 1.82) is 0 Å². The molecule has 0 atom stereocenters. The molecule has 1 aromatic heterocycles. The third-order valence-corrected chi connectivity index (χ3v) is 6.99. The predicted molar refractivity (Wildman–Crippen MR) is 140 cm³/mol. The standard InChI is InChI=1S/C27H35FIN3/c1-5-6-14-32-25(17-30-27(32)23-9-11-24(28)12-10-23)19-31(15-13-20(2)3)18-22-8-7-21(4)26(29)16-22/h7-12,16-17,20H,5-6,13-15,18-19H2,1-4H3. The second kappa shape index (κ2) is 11.9. The number of unbranched alkanes of at least 4 members (excludes halogenated alkanes) is 1. The van der Waals surface area contributed by atoms with Gasteiger partial charge in [0.25, 0.3) is 0 Å². The molecule has 0 aliphatic rings. The first-order valence-electron chi connectivity index (χ1n) is 11.6. The van der Waals surface area contributed by atoms with Gasteiger partial charge in [-0.2, -0.15) is 0 Å². The first-order chi connectivity index (χ1) is 15.4. The minimum absolute atomic E-state index is 0.215. The smallest absolute Gasteiger partial charge is 0.140 e. The molecule has 1 heterocycles. The van der Waals surface area contributed by atoms with Gasteiger partial charge in [-0.25, -0.2) is 9.37 Å². The van der Waals surface area contributed by atoms with Gasteiger partial charge < -0.3 is 4.57 Å². The summed E-state index contributed by atoms with van der Waals surface area (Å²) in [5.74, 6) is 1.38. The van der Waals surface area contributed by atoms with Crippen LogP contribution in [0.15, 0.2) is 48.7 Å². The van der Waals surface area contributed by atoms with Gasteiger partial charge in [-0.3, -0.25) is 4.90 Å². The molecule has 32 heavy (non-hydrogen) atoms. The fraction of sp³-hybridized carbons (Fsp3) is 0.444. The number of nitrogens with zero attached hydrogens (tertiary/aromatic N) is 3. The minimum atomic E-state index is -0.215. The number of hydrogen-bond acceptors (Lipinski definition) is 2. The lowest BCUT2D eigenvalue weighted by atomic mass is 10.1. The zero-order valence-corrected chi connectivity index (χ0v) is 21.9. The van der Waals surface area contributed by atoms with Gasteiger partial charge in [0.05, 0.1) is 11.9 Å². The van der Waals surface area contributed by atoms with Crippen LogP contribution in [0.3, 0.4) is 0 Å². The van der Waals surface area contributed by atoms with Gasteiger partial charge in [-0.1, -0.05) is 39.3 Å². The van der Waals surface area contributed by atoms with Crippen LogP contribution in [-0.2, 0) is 19.6 Å². The maximum Gasteiger partial charge on any atom is 0.140 e. The monoisotopic (exact) mass is 547 g/mol. The summed E-state index contributed by atoms with van der Waals surface area (Å²) in [5, 5.41) is 0. The third-order valence-electron chi connectivity index (χ3n) is 5.83. The summed E-state index contributed by atoms with van der Waals surface area (Å²) in [6, 6.07) is 13.5. The number of aryl methyl sites for hydroxylation is 1. The lowest BCUT2D eigenvalue weighted by Gasteiger charge is -2.24. The number of benzene rings is 2. The first kappa shape index (κ1) is 24.9. The van der Waals surface area contributed by atoms with Crippen molar-refractivity contribution in [2.24, 2.45) is 5.92 Å². The van der Waals surface area contributed by atoms with Crippen LogP contribution < -0.4 is 0 Å². The molecule has 0 radical (unpaired) electrons. The van der Waals surface area contributed by atoms with Crippen molar-refractivity contribution in [3.05, 3.63) is 74.9 Å². The second-order valence-corrected chi connectivity index (χ2v) is 10.2. The van der Waals surface area contributed by atoms with Gasteiger partial charge in [0.1, 0.15) is 11.6 Å². The Morgan fingerprint density at radius 2 is 1.84 bits per heavy atom. The average Bonchev–Trinajstić information content (AvgIpc) is 3.15. The Morgan fingerprint density at radius 1 is 1.09 bits per heavy atom. The lowest BCUT2D eigenvalue weighted by Crippen LogP contribution is -2.26. The minimum Gasteiger partial charge on any atom is -0.327 e. The molecule has 3 aromatic rings. The van der Waals surface area contributed by atoms with E-state index in [1.54, 1.807) is 0 Å². The molecule has 0 aliphatic carbocycles. The molecular formula is C27H35FIN3. The van der Waals surface area contributed by atoms with Gasteiger partial charge >= 0.3 is 0 Å². The summed E-state index contributed by atoms with van der Waals surface area (Å²) in [6.45, 7) is 12.7. The van der Waals surface area contributed by atoms with Gasteiger partial charge in [-0.15, -0.1) is 0 Å². The van der Waals surface area contributed by atoms with Gasteiger partial charge in [0.2, 0.25) is 0 Å². The predicted octanol–water partition coefficient (Wildman–Crippen LogP) is 7.45. The maximum absolute atomic E-state index is 13.5. The van der Waals surface area contributed by atoms with E-state index in [-0.39, 0.29) is 5.82 Å². The van der Waals surface area contributed by atoms with E-state index in [0.29, 0.717) is 5.92 Å². The molecule has 0 aliphatic heterocycles. The van der Waals surface area contributed by atoms with Gasteiger partial charge in [0.15, 0.2) is 0 Å². The summed E-state index contributed by atoms with van der Waals surface area (Å²) < 4.78 is 17.1. The van der Waals surface area contributed by atoms with Crippen molar-refractivity contribution >= 4 is 22.6 Å². The summed E-state index contributed by atoms with van der Waals surface area (Å²) in [7, 11) is 0. The molecule has 0 saturated carbocycles. The van der Waals surface area contributed by atoms with Crippen molar-refractivity contribution in [1.82, 2.24) is 14.5 Å². The fourth-order valence-corrected chi connectivity index (χ4v) is 4.39. The van der Waals surface area contributed by atoms with Crippen LogP contribution in [0.2, 0.25) is 0 Å². The Balaban J connectivity index is 1.87. The second-order valence-electron chi connectivity index (χ2n) is 9.06. The molecule has 0 N–H and O–H groups in total. The number of hydrogen-bond donors (Lipinski definition) is 0. The SMILES string of the molecule is CCCCn1c(CN(CCC(C)C)Cc2ccc(C)c(I)c2)cnc1-c1ccc(F)cc1. The van der Waals surface area contributed by atoms with Crippen LogP contribution in [-0.4, -0.2) is 21.0 Å². The lowest BCUT2D eigenvalue weighted by molar-refractivity contribution is 0.235. The fourth-order valence-electron chi connectivity index (χ4n) is 3.81. The summed E-state index contributed by atoms with van der Waals surface area (Å²) in [4.78, 5) is 7.30. The molecule has 0 unspecified atom stereocenters. The molecule has 3 nitrogen and oxygen atoms in total. The van der Waals surface area contributed by atoms with Crippen LogP contribution in [0.4, 0.5) is 4.39 Å². The molecule has 0 amide bonds. The third kappa shape index (κ3) is 6.88.